The quantitative estimate of drug-likeness (QED) is 0.775. The maximum absolute atomic E-state index is 5.43. The summed E-state index contributed by atoms with van der Waals surface area (Å²) in [5, 5.41) is 3.39. The molecule has 0 unspecified atom stereocenters. The molecular weight excluding hydrogens is 176 g/mol. The Balaban J connectivity index is 2.06. The zero-order valence-corrected chi connectivity index (χ0v) is 8.86. The van der Waals surface area contributed by atoms with Crippen LogP contribution < -0.4 is 5.32 Å². The first kappa shape index (κ1) is 9.74. The third-order valence-electron chi connectivity index (χ3n) is 3.01. The van der Waals surface area contributed by atoms with Gasteiger partial charge in [0.2, 0.25) is 0 Å². The molecule has 2 atom stereocenters. The number of nitrogens with one attached hydrogen (secondary N) is 1. The van der Waals surface area contributed by atoms with Crippen molar-refractivity contribution in [3.63, 3.8) is 0 Å². The lowest BCUT2D eigenvalue weighted by Crippen LogP contribution is -2.50. The molecule has 1 fully saturated rings. The van der Waals surface area contributed by atoms with Crippen molar-refractivity contribution in [3.8, 4) is 0 Å². The second-order valence-corrected chi connectivity index (χ2v) is 3.98. The smallest absolute Gasteiger partial charge is 0.120 e. The SMILES string of the molecule is C[C@@H]1CNCCN1[C@H](C)c1ccco1. The summed E-state index contributed by atoms with van der Waals surface area (Å²) in [6, 6.07) is 4.99. The van der Waals surface area contributed by atoms with Crippen LogP contribution in [0.4, 0.5) is 0 Å². The summed E-state index contributed by atoms with van der Waals surface area (Å²) in [5.41, 5.74) is 0. The third-order valence-corrected chi connectivity index (χ3v) is 3.01. The van der Waals surface area contributed by atoms with Gasteiger partial charge >= 0.3 is 0 Å². The summed E-state index contributed by atoms with van der Waals surface area (Å²) in [5.74, 6) is 1.07. The predicted molar refractivity (Wildman–Crippen MR) is 56.2 cm³/mol. The Morgan fingerprint density at radius 1 is 1.64 bits per heavy atom. The summed E-state index contributed by atoms with van der Waals surface area (Å²) >= 11 is 0. The molecule has 1 aliphatic heterocycles. The van der Waals surface area contributed by atoms with E-state index in [-0.39, 0.29) is 0 Å². The van der Waals surface area contributed by atoms with E-state index in [4.69, 9.17) is 4.42 Å². The highest BCUT2D eigenvalue weighted by molar-refractivity contribution is 5.04. The van der Waals surface area contributed by atoms with Gasteiger partial charge in [0.05, 0.1) is 12.3 Å². The van der Waals surface area contributed by atoms with Gasteiger partial charge in [-0.1, -0.05) is 0 Å². The molecule has 1 aromatic heterocycles. The molecule has 0 saturated carbocycles. The van der Waals surface area contributed by atoms with Crippen molar-refractivity contribution in [2.75, 3.05) is 19.6 Å². The number of piperazine rings is 1. The van der Waals surface area contributed by atoms with E-state index in [0.717, 1.165) is 25.4 Å². The molecule has 78 valence electrons. The van der Waals surface area contributed by atoms with E-state index in [1.807, 2.05) is 6.07 Å². The highest BCUT2D eigenvalue weighted by atomic mass is 16.3. The van der Waals surface area contributed by atoms with Crippen LogP contribution in [0.5, 0.6) is 0 Å². The lowest BCUT2D eigenvalue weighted by atomic mass is 10.1. The van der Waals surface area contributed by atoms with Crippen LogP contribution in [-0.4, -0.2) is 30.6 Å². The van der Waals surface area contributed by atoms with Gasteiger partial charge < -0.3 is 9.73 Å². The van der Waals surface area contributed by atoms with Crippen molar-refractivity contribution in [1.29, 1.82) is 0 Å². The molecule has 14 heavy (non-hydrogen) atoms. The van der Waals surface area contributed by atoms with Crippen LogP contribution in [-0.2, 0) is 0 Å². The van der Waals surface area contributed by atoms with Crippen molar-refractivity contribution in [2.24, 2.45) is 0 Å². The Hall–Kier alpha value is -0.800. The fourth-order valence-corrected chi connectivity index (χ4v) is 2.12. The van der Waals surface area contributed by atoms with E-state index in [9.17, 15) is 0 Å². The molecule has 1 N–H and O–H groups in total. The van der Waals surface area contributed by atoms with E-state index in [0.29, 0.717) is 12.1 Å². The van der Waals surface area contributed by atoms with Gasteiger partial charge in [-0.15, -0.1) is 0 Å². The van der Waals surface area contributed by atoms with Gasteiger partial charge in [0, 0.05) is 25.7 Å². The Morgan fingerprint density at radius 3 is 3.14 bits per heavy atom. The second-order valence-electron chi connectivity index (χ2n) is 3.98. The predicted octanol–water partition coefficient (Wildman–Crippen LogP) is 1.63. The fraction of sp³-hybridized carbons (Fsp3) is 0.636. The van der Waals surface area contributed by atoms with Gasteiger partial charge in [-0.3, -0.25) is 4.90 Å². The van der Waals surface area contributed by atoms with Gasteiger partial charge in [0.1, 0.15) is 5.76 Å². The van der Waals surface area contributed by atoms with Crippen LogP contribution in [0.25, 0.3) is 0 Å². The minimum atomic E-state index is 0.391. The average molecular weight is 194 g/mol. The largest absolute Gasteiger partial charge is 0.468 e. The first-order valence-corrected chi connectivity index (χ1v) is 5.29. The number of hydrogen-bond donors (Lipinski definition) is 1. The van der Waals surface area contributed by atoms with E-state index in [1.165, 1.54) is 0 Å². The first-order valence-electron chi connectivity index (χ1n) is 5.29. The number of furan rings is 1. The monoisotopic (exact) mass is 194 g/mol. The second kappa shape index (κ2) is 4.15. The molecular formula is C11H18N2O. The van der Waals surface area contributed by atoms with Crippen LogP contribution in [0.15, 0.2) is 22.8 Å². The summed E-state index contributed by atoms with van der Waals surface area (Å²) in [6.07, 6.45) is 1.75. The topological polar surface area (TPSA) is 28.4 Å². The summed E-state index contributed by atoms with van der Waals surface area (Å²) < 4.78 is 5.43. The van der Waals surface area contributed by atoms with Crippen LogP contribution in [0.1, 0.15) is 25.6 Å². The molecule has 0 aromatic carbocycles. The molecule has 0 bridgehead atoms. The number of rotatable bonds is 2. The summed E-state index contributed by atoms with van der Waals surface area (Å²) in [4.78, 5) is 2.48. The van der Waals surface area contributed by atoms with Gasteiger partial charge in [0.15, 0.2) is 0 Å². The fourth-order valence-electron chi connectivity index (χ4n) is 2.12. The molecule has 3 heteroatoms. The minimum Gasteiger partial charge on any atom is -0.468 e. The summed E-state index contributed by atoms with van der Waals surface area (Å²) in [7, 11) is 0. The molecule has 0 amide bonds. The average Bonchev–Trinajstić information content (AvgIpc) is 2.70. The van der Waals surface area contributed by atoms with Gasteiger partial charge in [-0.2, -0.15) is 0 Å². The first-order chi connectivity index (χ1) is 6.79. The Morgan fingerprint density at radius 2 is 2.50 bits per heavy atom. The van der Waals surface area contributed by atoms with Crippen LogP contribution >= 0.6 is 0 Å². The standard InChI is InChI=1S/C11H18N2O/c1-9-8-12-5-6-13(9)10(2)11-4-3-7-14-11/h3-4,7,9-10,12H,5-6,8H2,1-2H3/t9-,10-/m1/s1. The van der Waals surface area contributed by atoms with Crippen LogP contribution in [0, 0.1) is 0 Å². The molecule has 0 spiro atoms. The van der Waals surface area contributed by atoms with Gasteiger partial charge in [-0.05, 0) is 26.0 Å². The molecule has 1 aliphatic rings. The van der Waals surface area contributed by atoms with Crippen molar-refractivity contribution < 1.29 is 4.42 Å². The minimum absolute atomic E-state index is 0.391. The zero-order valence-electron chi connectivity index (χ0n) is 8.86. The number of hydrogen-bond acceptors (Lipinski definition) is 3. The Bertz CT molecular complexity index is 271. The third kappa shape index (κ3) is 1.83. The van der Waals surface area contributed by atoms with E-state index in [2.05, 4.69) is 30.1 Å². The van der Waals surface area contributed by atoms with Gasteiger partial charge in [0.25, 0.3) is 0 Å². The van der Waals surface area contributed by atoms with Crippen molar-refractivity contribution in [3.05, 3.63) is 24.2 Å². The lowest BCUT2D eigenvalue weighted by molar-refractivity contribution is 0.112. The molecule has 1 saturated heterocycles. The maximum Gasteiger partial charge on any atom is 0.120 e. The molecule has 0 radical (unpaired) electrons. The van der Waals surface area contributed by atoms with E-state index < -0.39 is 0 Å². The van der Waals surface area contributed by atoms with Crippen LogP contribution in [0.3, 0.4) is 0 Å². The highest BCUT2D eigenvalue weighted by Gasteiger charge is 2.25. The normalized spacial score (nSPS) is 26.3. The Kier molecular flexibility index (Phi) is 2.89. The lowest BCUT2D eigenvalue weighted by Gasteiger charge is -2.37. The molecule has 2 heterocycles. The Labute approximate surface area is 85.1 Å². The van der Waals surface area contributed by atoms with E-state index in [1.54, 1.807) is 6.26 Å². The molecule has 3 nitrogen and oxygen atoms in total. The van der Waals surface area contributed by atoms with Crippen molar-refractivity contribution >= 4 is 0 Å². The highest BCUT2D eigenvalue weighted by Crippen LogP contribution is 2.23. The van der Waals surface area contributed by atoms with Crippen molar-refractivity contribution in [1.82, 2.24) is 10.2 Å². The molecule has 2 rings (SSSR count). The zero-order chi connectivity index (χ0) is 9.97. The number of nitrogens with zero attached hydrogens (tertiary/aromatic N) is 1. The molecule has 1 aromatic rings. The van der Waals surface area contributed by atoms with Crippen LogP contribution in [0.2, 0.25) is 0 Å². The molecule has 0 aliphatic carbocycles. The van der Waals surface area contributed by atoms with Gasteiger partial charge in [-0.25, -0.2) is 0 Å². The summed E-state index contributed by atoms with van der Waals surface area (Å²) in [6.45, 7) is 7.72. The maximum atomic E-state index is 5.43. The van der Waals surface area contributed by atoms with Crippen molar-refractivity contribution in [2.45, 2.75) is 25.9 Å². The van der Waals surface area contributed by atoms with E-state index >= 15 is 0 Å².